The molecule has 0 aromatic heterocycles. The Bertz CT molecular complexity index is 867. The molecule has 1 aliphatic heterocycles. The molecule has 0 spiro atoms. The molecular formula is C16H21BrFN3O4S. The number of nitrogens with one attached hydrogen (secondary N) is 1. The summed E-state index contributed by atoms with van der Waals surface area (Å²) in [6.07, 6.45) is -0.850. The van der Waals surface area contributed by atoms with Crippen LogP contribution in [-0.2, 0) is 20.3 Å². The predicted molar refractivity (Wildman–Crippen MR) is 99.8 cm³/mol. The van der Waals surface area contributed by atoms with E-state index in [4.69, 9.17) is 4.74 Å². The van der Waals surface area contributed by atoms with Crippen LogP contribution in [0, 0.1) is 5.82 Å². The van der Waals surface area contributed by atoms with Gasteiger partial charge in [0.05, 0.1) is 5.75 Å². The highest BCUT2D eigenvalue weighted by Crippen LogP contribution is 2.35. The molecule has 1 heterocycles. The molecule has 1 atom stereocenters. The normalized spacial score (nSPS) is 22.6. The van der Waals surface area contributed by atoms with Crippen LogP contribution in [-0.4, -0.2) is 43.2 Å². The van der Waals surface area contributed by atoms with Crippen LogP contribution >= 0.6 is 15.9 Å². The number of guanidine groups is 1. The number of carbonyl (C=O) groups excluding carboxylic acids is 1. The summed E-state index contributed by atoms with van der Waals surface area (Å²) in [6.45, 7) is 6.53. The number of hydrogen-bond donors (Lipinski definition) is 1. The monoisotopic (exact) mass is 449 g/mol. The third-order valence-corrected chi connectivity index (χ3v) is 6.08. The van der Waals surface area contributed by atoms with Gasteiger partial charge in [-0.15, -0.1) is 0 Å². The molecule has 0 unspecified atom stereocenters. The molecule has 0 saturated heterocycles. The minimum atomic E-state index is -3.84. The minimum Gasteiger partial charge on any atom is -0.444 e. The summed E-state index contributed by atoms with van der Waals surface area (Å²) < 4.78 is 46.1. The largest absolute Gasteiger partial charge is 0.444 e. The van der Waals surface area contributed by atoms with E-state index >= 15 is 0 Å². The summed E-state index contributed by atoms with van der Waals surface area (Å²) in [5.41, 5.74) is -2.08. The number of benzene rings is 1. The number of amides is 1. The van der Waals surface area contributed by atoms with Crippen molar-refractivity contribution in [2.24, 2.45) is 4.99 Å². The molecule has 1 N–H and O–H groups in total. The second kappa shape index (κ2) is 6.80. The Labute approximate surface area is 160 Å². The third kappa shape index (κ3) is 4.53. The molecule has 144 valence electrons. The number of carbonyl (C=O) groups is 1. The van der Waals surface area contributed by atoms with E-state index in [1.807, 2.05) is 0 Å². The maximum atomic E-state index is 14.3. The number of aliphatic imine (C=N–C) groups is 1. The number of halogens is 2. The van der Waals surface area contributed by atoms with Crippen molar-refractivity contribution in [1.82, 2.24) is 9.62 Å². The topological polar surface area (TPSA) is 88.1 Å². The Balaban J connectivity index is 2.49. The third-order valence-electron chi connectivity index (χ3n) is 3.65. The molecule has 1 aromatic carbocycles. The molecule has 0 radical (unpaired) electrons. The highest BCUT2D eigenvalue weighted by molar-refractivity contribution is 9.10. The fourth-order valence-electron chi connectivity index (χ4n) is 2.47. The van der Waals surface area contributed by atoms with Crippen molar-refractivity contribution in [2.45, 2.75) is 38.8 Å². The molecule has 1 amide bonds. The first-order valence-corrected chi connectivity index (χ1v) is 10.2. The molecule has 7 nitrogen and oxygen atoms in total. The van der Waals surface area contributed by atoms with Crippen molar-refractivity contribution in [1.29, 1.82) is 0 Å². The van der Waals surface area contributed by atoms with E-state index in [1.54, 1.807) is 20.8 Å². The van der Waals surface area contributed by atoms with Gasteiger partial charge in [-0.05, 0) is 45.9 Å². The molecule has 0 fully saturated rings. The van der Waals surface area contributed by atoms with Gasteiger partial charge < -0.3 is 4.74 Å². The van der Waals surface area contributed by atoms with Crippen LogP contribution in [0.3, 0.4) is 0 Å². The van der Waals surface area contributed by atoms with Crippen molar-refractivity contribution in [3.8, 4) is 0 Å². The van der Waals surface area contributed by atoms with Gasteiger partial charge in [0.1, 0.15) is 17.0 Å². The molecule has 0 saturated carbocycles. The SMILES string of the molecule is CN1C(NC(=O)OC(C)(C)C)=N[C@](C)(c2cc(Br)ccc2F)CS1(=O)=O. The van der Waals surface area contributed by atoms with Crippen LogP contribution in [0.5, 0.6) is 0 Å². The molecule has 2 rings (SSSR count). The number of ether oxygens (including phenoxy) is 1. The first kappa shape index (κ1) is 20.6. The lowest BCUT2D eigenvalue weighted by molar-refractivity contribution is 0.0559. The first-order valence-electron chi connectivity index (χ1n) is 7.75. The van der Waals surface area contributed by atoms with Gasteiger partial charge in [-0.1, -0.05) is 15.9 Å². The van der Waals surface area contributed by atoms with Gasteiger partial charge in [-0.25, -0.2) is 26.9 Å². The minimum absolute atomic E-state index is 0.104. The average Bonchev–Trinajstić information content (AvgIpc) is 2.44. The van der Waals surface area contributed by atoms with Gasteiger partial charge in [0.15, 0.2) is 0 Å². The van der Waals surface area contributed by atoms with Gasteiger partial charge in [-0.2, -0.15) is 0 Å². The smallest absolute Gasteiger partial charge is 0.414 e. The second-order valence-corrected chi connectivity index (χ2v) is 10.1. The molecule has 0 bridgehead atoms. The van der Waals surface area contributed by atoms with Crippen molar-refractivity contribution in [2.75, 3.05) is 12.8 Å². The van der Waals surface area contributed by atoms with Crippen molar-refractivity contribution >= 4 is 38.0 Å². The van der Waals surface area contributed by atoms with E-state index in [0.717, 1.165) is 4.31 Å². The number of hydrogen-bond acceptors (Lipinski definition) is 5. The van der Waals surface area contributed by atoms with Crippen LogP contribution < -0.4 is 5.32 Å². The number of nitrogens with zero attached hydrogens (tertiary/aromatic N) is 2. The summed E-state index contributed by atoms with van der Waals surface area (Å²) in [4.78, 5) is 16.4. The van der Waals surface area contributed by atoms with Crippen LogP contribution in [0.2, 0.25) is 0 Å². The highest BCUT2D eigenvalue weighted by atomic mass is 79.9. The van der Waals surface area contributed by atoms with E-state index in [2.05, 4.69) is 26.2 Å². The quantitative estimate of drug-likeness (QED) is 0.713. The van der Waals surface area contributed by atoms with Crippen LogP contribution in [0.25, 0.3) is 0 Å². The maximum Gasteiger partial charge on any atom is 0.414 e. The summed E-state index contributed by atoms with van der Waals surface area (Å²) in [6, 6.07) is 4.21. The van der Waals surface area contributed by atoms with Crippen LogP contribution in [0.1, 0.15) is 33.3 Å². The van der Waals surface area contributed by atoms with Crippen LogP contribution in [0.15, 0.2) is 27.7 Å². The molecule has 1 aliphatic rings. The van der Waals surface area contributed by atoms with Crippen molar-refractivity contribution in [3.05, 3.63) is 34.1 Å². The lowest BCUT2D eigenvalue weighted by Crippen LogP contribution is -2.54. The zero-order chi connectivity index (χ0) is 19.9. The second-order valence-electron chi connectivity index (χ2n) is 7.18. The molecule has 1 aromatic rings. The van der Waals surface area contributed by atoms with E-state index in [-0.39, 0.29) is 11.5 Å². The molecule has 26 heavy (non-hydrogen) atoms. The standard InChI is InChI=1S/C16H21BrFN3O4S/c1-15(2,3)25-14(22)19-13-20-16(4,9-26(23,24)21(13)5)11-8-10(17)6-7-12(11)18/h6-8H,9H2,1-5H3,(H,19,20,22)/t16-/m0/s1. The van der Waals surface area contributed by atoms with Gasteiger partial charge in [0, 0.05) is 17.1 Å². The summed E-state index contributed by atoms with van der Waals surface area (Å²) in [5.74, 6) is -1.26. The fraction of sp³-hybridized carbons (Fsp3) is 0.500. The van der Waals surface area contributed by atoms with E-state index < -0.39 is 38.8 Å². The molecule has 10 heteroatoms. The van der Waals surface area contributed by atoms with Crippen molar-refractivity contribution < 1.29 is 22.3 Å². The van der Waals surface area contributed by atoms with E-state index in [0.29, 0.717) is 4.47 Å². The fourth-order valence-corrected chi connectivity index (χ4v) is 4.31. The average molecular weight is 450 g/mol. The maximum absolute atomic E-state index is 14.3. The zero-order valence-electron chi connectivity index (χ0n) is 15.1. The van der Waals surface area contributed by atoms with Crippen molar-refractivity contribution in [3.63, 3.8) is 0 Å². The van der Waals surface area contributed by atoms with Gasteiger partial charge in [-0.3, -0.25) is 5.32 Å². The Morgan fingerprint density at radius 2 is 2.04 bits per heavy atom. The number of rotatable bonds is 1. The Hall–Kier alpha value is -1.68. The van der Waals surface area contributed by atoms with E-state index in [1.165, 1.54) is 32.2 Å². The van der Waals surface area contributed by atoms with Crippen LogP contribution in [0.4, 0.5) is 9.18 Å². The Morgan fingerprint density at radius 3 is 2.62 bits per heavy atom. The number of alkyl carbamates (subject to hydrolysis) is 1. The summed E-state index contributed by atoms with van der Waals surface area (Å²) in [5, 5.41) is 2.34. The van der Waals surface area contributed by atoms with Gasteiger partial charge >= 0.3 is 6.09 Å². The first-order chi connectivity index (χ1) is 11.7. The molecular weight excluding hydrogens is 429 g/mol. The summed E-state index contributed by atoms with van der Waals surface area (Å²) in [7, 11) is -2.57. The van der Waals surface area contributed by atoms with Gasteiger partial charge in [0.25, 0.3) is 0 Å². The Kier molecular flexibility index (Phi) is 5.40. The number of sulfonamides is 1. The summed E-state index contributed by atoms with van der Waals surface area (Å²) >= 11 is 3.25. The lowest BCUT2D eigenvalue weighted by atomic mass is 9.94. The predicted octanol–water partition coefficient (Wildman–Crippen LogP) is 2.96. The highest BCUT2D eigenvalue weighted by Gasteiger charge is 2.43. The van der Waals surface area contributed by atoms with Gasteiger partial charge in [0.2, 0.25) is 16.0 Å². The lowest BCUT2D eigenvalue weighted by Gasteiger charge is -2.36. The zero-order valence-corrected chi connectivity index (χ0v) is 17.5. The Morgan fingerprint density at radius 1 is 1.42 bits per heavy atom. The van der Waals surface area contributed by atoms with E-state index in [9.17, 15) is 17.6 Å². The molecule has 0 aliphatic carbocycles.